The molecule has 0 bridgehead atoms. The Morgan fingerprint density at radius 2 is 2.08 bits per heavy atom. The molecule has 1 aromatic heterocycles. The molecule has 0 radical (unpaired) electrons. The zero-order chi connectivity index (χ0) is 8.48. The summed E-state index contributed by atoms with van der Waals surface area (Å²) in [6, 6.07) is 1.89. The minimum Gasteiger partial charge on any atom is -0.375 e. The maximum atomic E-state index is 11.9. The number of pyridine rings is 1. The molecule has 1 rings (SSSR count). The van der Waals surface area contributed by atoms with Gasteiger partial charge in [-0.3, -0.25) is 0 Å². The third-order valence-electron chi connectivity index (χ3n) is 1.01. The van der Waals surface area contributed by atoms with E-state index in [1.165, 1.54) is 0 Å². The summed E-state index contributed by atoms with van der Waals surface area (Å²) in [6.07, 6.45) is -2.24. The van der Waals surface area contributed by atoms with Gasteiger partial charge in [0.25, 0.3) is 0 Å². The van der Waals surface area contributed by atoms with Gasteiger partial charge in [-0.15, -0.1) is 11.6 Å². The van der Waals surface area contributed by atoms with Crippen molar-refractivity contribution >= 4 is 11.6 Å². The van der Waals surface area contributed by atoms with Crippen molar-refractivity contribution < 1.29 is 44.2 Å². The Morgan fingerprint density at radius 1 is 1.50 bits per heavy atom. The van der Waals surface area contributed by atoms with Gasteiger partial charge in [-0.25, -0.2) is 0 Å². The van der Waals surface area contributed by atoms with E-state index in [4.69, 9.17) is 11.6 Å². The summed E-state index contributed by atoms with van der Waals surface area (Å²) in [4.78, 5) is 3.17. The van der Waals surface area contributed by atoms with Gasteiger partial charge >= 0.3 is 35.7 Å². The average molecular weight is 206 g/mol. The molecule has 0 N–H and O–H groups in total. The van der Waals surface area contributed by atoms with Crippen LogP contribution in [-0.4, -0.2) is 4.98 Å². The second kappa shape index (κ2) is 4.46. The average Bonchev–Trinajstić information content (AvgIpc) is 1.86. The summed E-state index contributed by atoms with van der Waals surface area (Å²) in [5.74, 6) is 0. The van der Waals surface area contributed by atoms with Crippen LogP contribution in [0, 0.1) is 6.20 Å². The standard InChI is InChI=1S/C6H2ClF3N.Na.H2/c7-5-4(6(8,9)10)2-1-3-11-5;;/h1-2H;;1H/q-1;+1;. The SMILES string of the molecule is FC(F)(F)c1cc[c-]nc1Cl.[HH].[Na+]. The molecule has 0 aliphatic heterocycles. The second-order valence-electron chi connectivity index (χ2n) is 1.78. The molecule has 0 fully saturated rings. The molecule has 6 heteroatoms. The third kappa shape index (κ3) is 2.94. The fourth-order valence-corrected chi connectivity index (χ4v) is 0.774. The first-order valence-corrected chi connectivity index (χ1v) is 2.99. The molecule has 0 amide bonds. The number of aromatic nitrogens is 1. The summed E-state index contributed by atoms with van der Waals surface area (Å²) >= 11 is 5.15. The fourth-order valence-electron chi connectivity index (χ4n) is 0.555. The van der Waals surface area contributed by atoms with Crippen molar-refractivity contribution in [2.24, 2.45) is 0 Å². The molecule has 12 heavy (non-hydrogen) atoms. The number of halogens is 4. The van der Waals surface area contributed by atoms with Crippen molar-refractivity contribution in [1.82, 2.24) is 4.98 Å². The van der Waals surface area contributed by atoms with E-state index in [0.717, 1.165) is 12.1 Å². The molecule has 0 atom stereocenters. The van der Waals surface area contributed by atoms with E-state index in [-0.39, 0.29) is 31.0 Å². The third-order valence-corrected chi connectivity index (χ3v) is 1.30. The van der Waals surface area contributed by atoms with E-state index in [1.54, 1.807) is 0 Å². The van der Waals surface area contributed by atoms with Gasteiger partial charge in [0.05, 0.1) is 0 Å². The van der Waals surface area contributed by atoms with E-state index < -0.39 is 16.9 Å². The van der Waals surface area contributed by atoms with E-state index in [2.05, 4.69) is 11.2 Å². The first-order valence-electron chi connectivity index (χ1n) is 2.61. The molecular weight excluding hydrogens is 202 g/mol. The van der Waals surface area contributed by atoms with Crippen LogP contribution in [0.2, 0.25) is 5.15 Å². The molecule has 0 spiro atoms. The Balaban J connectivity index is 0. The van der Waals surface area contributed by atoms with Crippen molar-refractivity contribution in [3.8, 4) is 0 Å². The molecule has 1 aromatic rings. The van der Waals surface area contributed by atoms with Crippen LogP contribution >= 0.6 is 11.6 Å². The van der Waals surface area contributed by atoms with Crippen LogP contribution in [0.15, 0.2) is 12.1 Å². The van der Waals surface area contributed by atoms with Gasteiger partial charge in [0, 0.05) is 6.58 Å². The Kier molecular flexibility index (Phi) is 4.55. The van der Waals surface area contributed by atoms with Gasteiger partial charge in [-0.05, 0) is 5.56 Å². The summed E-state index contributed by atoms with van der Waals surface area (Å²) in [6.45, 7) is 0. The molecule has 0 aliphatic rings. The first-order chi connectivity index (χ1) is 5.02. The van der Waals surface area contributed by atoms with Crippen LogP contribution in [-0.2, 0) is 6.18 Å². The van der Waals surface area contributed by atoms with Crippen molar-refractivity contribution in [1.29, 1.82) is 0 Å². The van der Waals surface area contributed by atoms with Crippen LogP contribution in [0.5, 0.6) is 0 Å². The Morgan fingerprint density at radius 3 is 2.42 bits per heavy atom. The second-order valence-corrected chi connectivity index (χ2v) is 2.13. The number of nitrogens with zero attached hydrogens (tertiary/aromatic N) is 1. The van der Waals surface area contributed by atoms with E-state index >= 15 is 0 Å². The molecule has 0 saturated heterocycles. The zero-order valence-corrected chi connectivity index (χ0v) is 8.87. The smallest absolute Gasteiger partial charge is 0.375 e. The molecule has 0 aromatic carbocycles. The molecule has 0 saturated carbocycles. The van der Waals surface area contributed by atoms with Crippen LogP contribution in [0.1, 0.15) is 6.99 Å². The topological polar surface area (TPSA) is 12.9 Å². The number of rotatable bonds is 0. The predicted octanol–water partition coefficient (Wildman–Crippen LogP) is -0.196. The van der Waals surface area contributed by atoms with E-state index in [0.29, 0.717) is 0 Å². The molecule has 1 nitrogen and oxygen atoms in total. The Bertz CT molecular complexity index is 268. The van der Waals surface area contributed by atoms with E-state index in [9.17, 15) is 13.2 Å². The quantitative estimate of drug-likeness (QED) is 0.325. The van der Waals surface area contributed by atoms with Crippen LogP contribution in [0.25, 0.3) is 0 Å². The fraction of sp³-hybridized carbons (Fsp3) is 0.167. The predicted molar refractivity (Wildman–Crippen MR) is 35.2 cm³/mol. The maximum absolute atomic E-state index is 11.9. The maximum Gasteiger partial charge on any atom is 1.00 e. The summed E-state index contributed by atoms with van der Waals surface area (Å²) in [5, 5.41) is -0.569. The molecule has 0 unspecified atom stereocenters. The molecular formula is C6H4ClF3NNa. The minimum absolute atomic E-state index is 0. The van der Waals surface area contributed by atoms with Gasteiger partial charge in [0.15, 0.2) is 0 Å². The van der Waals surface area contributed by atoms with Gasteiger partial charge in [-0.1, -0.05) is 6.20 Å². The molecule has 62 valence electrons. The normalized spacial score (nSPS) is 10.7. The van der Waals surface area contributed by atoms with Crippen LogP contribution in [0.3, 0.4) is 0 Å². The molecule has 0 aliphatic carbocycles. The Hall–Kier alpha value is 0.230. The van der Waals surface area contributed by atoms with Crippen LogP contribution < -0.4 is 29.6 Å². The van der Waals surface area contributed by atoms with Gasteiger partial charge in [0.1, 0.15) is 0 Å². The number of hydrogen-bond donors (Lipinski definition) is 0. The van der Waals surface area contributed by atoms with Gasteiger partial charge in [0.2, 0.25) is 0 Å². The largest absolute Gasteiger partial charge is 1.00 e. The van der Waals surface area contributed by atoms with Crippen molar-refractivity contribution in [3.05, 3.63) is 29.0 Å². The summed E-state index contributed by atoms with van der Waals surface area (Å²) in [7, 11) is 0. The van der Waals surface area contributed by atoms with Crippen molar-refractivity contribution in [3.63, 3.8) is 0 Å². The van der Waals surface area contributed by atoms with Crippen LogP contribution in [0.4, 0.5) is 13.2 Å². The Labute approximate surface area is 95.7 Å². The van der Waals surface area contributed by atoms with Crippen molar-refractivity contribution in [2.75, 3.05) is 0 Å². The zero-order valence-electron chi connectivity index (χ0n) is 6.11. The monoisotopic (exact) mass is 205 g/mol. The molecule has 1 heterocycles. The number of alkyl halides is 3. The van der Waals surface area contributed by atoms with Crippen molar-refractivity contribution in [2.45, 2.75) is 6.18 Å². The van der Waals surface area contributed by atoms with Gasteiger partial charge < -0.3 is 4.98 Å². The van der Waals surface area contributed by atoms with Gasteiger partial charge in [-0.2, -0.15) is 25.3 Å². The van der Waals surface area contributed by atoms with E-state index in [1.807, 2.05) is 0 Å². The first kappa shape index (κ1) is 12.2. The minimum atomic E-state index is -4.43. The summed E-state index contributed by atoms with van der Waals surface area (Å²) < 4.78 is 35.7. The summed E-state index contributed by atoms with van der Waals surface area (Å²) in [5.41, 5.74) is -0.932. The number of hydrogen-bond acceptors (Lipinski definition) is 1.